The number of carbonyl (C=O) groups excluding carboxylic acids is 1. The van der Waals surface area contributed by atoms with Crippen molar-refractivity contribution in [3.05, 3.63) is 29.0 Å². The van der Waals surface area contributed by atoms with Gasteiger partial charge in [-0.05, 0) is 58.7 Å². The summed E-state index contributed by atoms with van der Waals surface area (Å²) in [6, 6.07) is 3.88. The SMILES string of the molecule is CC1(C)CC(NC(=O)Nc2ccc(F)c(Cl)c2)CC(C)(C)N1. The molecule has 122 valence electrons. The van der Waals surface area contributed by atoms with Crippen LogP contribution in [-0.2, 0) is 0 Å². The van der Waals surface area contributed by atoms with Crippen LogP contribution in [0.3, 0.4) is 0 Å². The minimum absolute atomic E-state index is 0.0121. The molecule has 1 aliphatic rings. The Bertz CT molecular complexity index is 559. The van der Waals surface area contributed by atoms with Gasteiger partial charge in [0.2, 0.25) is 0 Å². The predicted molar refractivity (Wildman–Crippen MR) is 87.9 cm³/mol. The van der Waals surface area contributed by atoms with Gasteiger partial charge in [0, 0.05) is 22.8 Å². The third-order valence-corrected chi connectivity index (χ3v) is 3.99. The predicted octanol–water partition coefficient (Wildman–Crippen LogP) is 3.91. The van der Waals surface area contributed by atoms with Crippen molar-refractivity contribution >= 4 is 23.3 Å². The molecule has 0 bridgehead atoms. The van der Waals surface area contributed by atoms with Gasteiger partial charge < -0.3 is 16.0 Å². The summed E-state index contributed by atoms with van der Waals surface area (Å²) >= 11 is 5.71. The molecule has 1 aromatic rings. The maximum atomic E-state index is 13.1. The Balaban J connectivity index is 1.98. The van der Waals surface area contributed by atoms with Gasteiger partial charge in [0.05, 0.1) is 5.02 Å². The van der Waals surface area contributed by atoms with Crippen LogP contribution in [0, 0.1) is 5.82 Å². The topological polar surface area (TPSA) is 53.2 Å². The van der Waals surface area contributed by atoms with Crippen molar-refractivity contribution in [1.29, 1.82) is 0 Å². The lowest BCUT2D eigenvalue weighted by atomic mass is 9.80. The summed E-state index contributed by atoms with van der Waals surface area (Å²) in [6.07, 6.45) is 1.68. The Morgan fingerprint density at radius 1 is 1.27 bits per heavy atom. The van der Waals surface area contributed by atoms with Crippen molar-refractivity contribution in [2.75, 3.05) is 5.32 Å². The van der Waals surface area contributed by atoms with Gasteiger partial charge in [0.25, 0.3) is 0 Å². The van der Waals surface area contributed by atoms with E-state index in [1.165, 1.54) is 18.2 Å². The van der Waals surface area contributed by atoms with Crippen molar-refractivity contribution in [2.24, 2.45) is 0 Å². The second-order valence-corrected chi connectivity index (χ2v) is 7.63. The number of hydrogen-bond acceptors (Lipinski definition) is 2. The van der Waals surface area contributed by atoms with E-state index in [2.05, 4.69) is 43.6 Å². The molecule has 0 aromatic heterocycles. The first kappa shape index (κ1) is 17.0. The lowest BCUT2D eigenvalue weighted by Gasteiger charge is -2.46. The average molecular weight is 328 g/mol. The van der Waals surface area contributed by atoms with E-state index in [9.17, 15) is 9.18 Å². The van der Waals surface area contributed by atoms with Gasteiger partial charge in [-0.2, -0.15) is 0 Å². The number of halogens is 2. The molecule has 1 heterocycles. The lowest BCUT2D eigenvalue weighted by Crippen LogP contribution is -2.62. The van der Waals surface area contributed by atoms with Gasteiger partial charge in [-0.25, -0.2) is 9.18 Å². The molecule has 6 heteroatoms. The van der Waals surface area contributed by atoms with Gasteiger partial charge in [-0.3, -0.25) is 0 Å². The first-order chi connectivity index (χ1) is 10.1. The van der Waals surface area contributed by atoms with Crippen LogP contribution in [0.5, 0.6) is 0 Å². The van der Waals surface area contributed by atoms with E-state index in [1.807, 2.05) is 0 Å². The Morgan fingerprint density at radius 3 is 2.41 bits per heavy atom. The standard InChI is InChI=1S/C16H23ClFN3O/c1-15(2)8-11(9-16(3,4)21-15)20-14(22)19-10-5-6-13(18)12(17)7-10/h5-7,11,21H,8-9H2,1-4H3,(H2,19,20,22). The summed E-state index contributed by atoms with van der Waals surface area (Å²) in [5.41, 5.74) is 0.383. The van der Waals surface area contributed by atoms with Crippen molar-refractivity contribution in [3.8, 4) is 0 Å². The molecule has 0 spiro atoms. The summed E-state index contributed by atoms with van der Waals surface area (Å²) in [5.74, 6) is -0.505. The summed E-state index contributed by atoms with van der Waals surface area (Å²) < 4.78 is 13.1. The van der Waals surface area contributed by atoms with Gasteiger partial charge >= 0.3 is 6.03 Å². The largest absolute Gasteiger partial charge is 0.335 e. The third kappa shape index (κ3) is 4.58. The van der Waals surface area contributed by atoms with E-state index in [-0.39, 0.29) is 28.2 Å². The van der Waals surface area contributed by atoms with E-state index >= 15 is 0 Å². The van der Waals surface area contributed by atoms with E-state index in [0.717, 1.165) is 12.8 Å². The van der Waals surface area contributed by atoms with Gasteiger partial charge in [-0.15, -0.1) is 0 Å². The third-order valence-electron chi connectivity index (χ3n) is 3.70. The number of nitrogens with one attached hydrogen (secondary N) is 3. The molecule has 0 radical (unpaired) electrons. The van der Waals surface area contributed by atoms with Crippen LogP contribution in [0.2, 0.25) is 5.02 Å². The average Bonchev–Trinajstić information content (AvgIpc) is 2.29. The molecule has 1 aromatic carbocycles. The first-order valence-corrected chi connectivity index (χ1v) is 7.76. The Kier molecular flexibility index (Phi) is 4.68. The van der Waals surface area contributed by atoms with Crippen LogP contribution in [-0.4, -0.2) is 23.2 Å². The molecule has 0 saturated carbocycles. The number of amides is 2. The highest BCUT2D eigenvalue weighted by atomic mass is 35.5. The van der Waals surface area contributed by atoms with Crippen LogP contribution in [0.1, 0.15) is 40.5 Å². The van der Waals surface area contributed by atoms with E-state index < -0.39 is 5.82 Å². The molecule has 1 saturated heterocycles. The first-order valence-electron chi connectivity index (χ1n) is 7.38. The fraction of sp³-hybridized carbons (Fsp3) is 0.562. The Morgan fingerprint density at radius 2 is 1.86 bits per heavy atom. The normalized spacial score (nSPS) is 20.5. The van der Waals surface area contributed by atoms with Crippen LogP contribution < -0.4 is 16.0 Å². The van der Waals surface area contributed by atoms with E-state index in [0.29, 0.717) is 5.69 Å². The number of rotatable bonds is 2. The molecule has 2 amide bonds. The molecule has 2 rings (SSSR count). The number of piperidine rings is 1. The second kappa shape index (κ2) is 6.05. The van der Waals surface area contributed by atoms with Crippen molar-refractivity contribution in [1.82, 2.24) is 10.6 Å². The summed E-state index contributed by atoms with van der Waals surface area (Å²) in [5, 5.41) is 9.23. The summed E-state index contributed by atoms with van der Waals surface area (Å²) in [6.45, 7) is 8.50. The molecule has 3 N–H and O–H groups in total. The molecule has 0 aliphatic carbocycles. The van der Waals surface area contributed by atoms with E-state index in [1.54, 1.807) is 0 Å². The Hall–Kier alpha value is -1.33. The second-order valence-electron chi connectivity index (χ2n) is 7.23. The van der Waals surface area contributed by atoms with Crippen LogP contribution in [0.4, 0.5) is 14.9 Å². The number of hydrogen-bond donors (Lipinski definition) is 3. The van der Waals surface area contributed by atoms with Crippen LogP contribution in [0.15, 0.2) is 18.2 Å². The number of carbonyl (C=O) groups is 1. The summed E-state index contributed by atoms with van der Waals surface area (Å²) in [7, 11) is 0. The fourth-order valence-electron chi connectivity index (χ4n) is 3.35. The van der Waals surface area contributed by atoms with Crippen molar-refractivity contribution in [2.45, 2.75) is 57.7 Å². The number of urea groups is 1. The molecule has 1 aliphatic heterocycles. The lowest BCUT2D eigenvalue weighted by molar-refractivity contribution is 0.149. The van der Waals surface area contributed by atoms with Crippen LogP contribution >= 0.6 is 11.6 Å². The zero-order valence-electron chi connectivity index (χ0n) is 13.4. The number of anilines is 1. The van der Waals surface area contributed by atoms with Gasteiger partial charge in [0.1, 0.15) is 5.82 Å². The molecule has 22 heavy (non-hydrogen) atoms. The number of benzene rings is 1. The molecule has 4 nitrogen and oxygen atoms in total. The van der Waals surface area contributed by atoms with Crippen LogP contribution in [0.25, 0.3) is 0 Å². The monoisotopic (exact) mass is 327 g/mol. The highest BCUT2D eigenvalue weighted by Crippen LogP contribution is 2.28. The van der Waals surface area contributed by atoms with Crippen molar-refractivity contribution < 1.29 is 9.18 Å². The minimum Gasteiger partial charge on any atom is -0.335 e. The van der Waals surface area contributed by atoms with Gasteiger partial charge in [0.15, 0.2) is 0 Å². The van der Waals surface area contributed by atoms with Gasteiger partial charge in [-0.1, -0.05) is 11.6 Å². The molecule has 1 fully saturated rings. The smallest absolute Gasteiger partial charge is 0.319 e. The molecule has 0 unspecified atom stereocenters. The fourth-order valence-corrected chi connectivity index (χ4v) is 3.53. The quantitative estimate of drug-likeness (QED) is 0.771. The molecular formula is C16H23ClFN3O. The zero-order chi connectivity index (χ0) is 16.5. The zero-order valence-corrected chi connectivity index (χ0v) is 14.1. The summed E-state index contributed by atoms with van der Waals surface area (Å²) in [4.78, 5) is 12.1. The maximum Gasteiger partial charge on any atom is 0.319 e. The van der Waals surface area contributed by atoms with E-state index in [4.69, 9.17) is 11.6 Å². The highest BCUT2D eigenvalue weighted by molar-refractivity contribution is 6.31. The highest BCUT2D eigenvalue weighted by Gasteiger charge is 2.38. The maximum absolute atomic E-state index is 13.1. The minimum atomic E-state index is -0.505. The molecule has 0 atom stereocenters. The Labute approximate surface area is 135 Å². The molecular weight excluding hydrogens is 305 g/mol. The van der Waals surface area contributed by atoms with Crippen molar-refractivity contribution in [3.63, 3.8) is 0 Å².